The van der Waals surface area contributed by atoms with Gasteiger partial charge in [-0.25, -0.2) is 13.9 Å². The molecule has 0 saturated heterocycles. The first-order chi connectivity index (χ1) is 7.44. The molecule has 0 bridgehead atoms. The molecule has 8 heteroatoms. The summed E-state index contributed by atoms with van der Waals surface area (Å²) in [4.78, 5) is 21.8. The minimum Gasteiger partial charge on any atom is -0.390 e. The minimum atomic E-state index is -3.38. The lowest BCUT2D eigenvalue weighted by Crippen LogP contribution is -2.39. The Morgan fingerprint density at radius 2 is 2.25 bits per heavy atom. The Morgan fingerprint density at radius 1 is 1.56 bits per heavy atom. The average Bonchev–Trinajstić information content (AvgIpc) is 2.27. The van der Waals surface area contributed by atoms with E-state index in [1.165, 1.54) is 0 Å². The number of aromatic amines is 1. The molecule has 3 N–H and O–H groups in total. The topological polar surface area (TPSA) is 95.1 Å². The molecule has 0 aliphatic heterocycles. The number of amides is 1. The Balaban J connectivity index is 2.60. The van der Waals surface area contributed by atoms with Crippen LogP contribution >= 0.6 is 0 Å². The van der Waals surface area contributed by atoms with Gasteiger partial charge < -0.3 is 10.4 Å². The van der Waals surface area contributed by atoms with Gasteiger partial charge in [0.05, 0.1) is 6.54 Å². The molecule has 0 aliphatic carbocycles. The maximum Gasteiger partial charge on any atom is 0.287 e. The zero-order chi connectivity index (χ0) is 12.2. The molecule has 1 aromatic rings. The molecule has 0 radical (unpaired) electrons. The monoisotopic (exact) mass is 233 g/mol. The summed E-state index contributed by atoms with van der Waals surface area (Å²) in [6.45, 7) is -2.35. The number of carbonyl (C=O) groups is 1. The van der Waals surface area contributed by atoms with Crippen molar-refractivity contribution in [3.05, 3.63) is 28.2 Å². The van der Waals surface area contributed by atoms with E-state index in [-0.39, 0.29) is 5.69 Å². The fourth-order valence-corrected chi connectivity index (χ4v) is 0.827. The molecule has 16 heavy (non-hydrogen) atoms. The van der Waals surface area contributed by atoms with Crippen molar-refractivity contribution in [2.45, 2.75) is 5.92 Å². The summed E-state index contributed by atoms with van der Waals surface area (Å²) in [7, 11) is 0. The van der Waals surface area contributed by atoms with Crippen LogP contribution in [0.25, 0.3) is 0 Å². The Kier molecular flexibility index (Phi) is 3.67. The van der Waals surface area contributed by atoms with Crippen LogP contribution in [0.15, 0.2) is 16.9 Å². The molecule has 1 amide bonds. The van der Waals surface area contributed by atoms with Gasteiger partial charge in [-0.05, 0) is 6.07 Å². The van der Waals surface area contributed by atoms with Crippen molar-refractivity contribution in [1.82, 2.24) is 15.5 Å². The first-order valence-electron chi connectivity index (χ1n) is 4.27. The summed E-state index contributed by atoms with van der Waals surface area (Å²) in [5.41, 5.74) is -0.689. The highest BCUT2D eigenvalue weighted by Crippen LogP contribution is 2.09. The normalized spacial score (nSPS) is 11.2. The Morgan fingerprint density at radius 3 is 2.75 bits per heavy atom. The predicted molar refractivity (Wildman–Crippen MR) is 49.2 cm³/mol. The van der Waals surface area contributed by atoms with E-state index in [9.17, 15) is 18.4 Å². The fourth-order valence-electron chi connectivity index (χ4n) is 0.827. The van der Waals surface area contributed by atoms with Gasteiger partial charge in [0.2, 0.25) is 0 Å². The van der Waals surface area contributed by atoms with Gasteiger partial charge in [-0.1, -0.05) is 0 Å². The number of aromatic nitrogens is 2. The zero-order valence-electron chi connectivity index (χ0n) is 8.04. The molecule has 0 fully saturated rings. The molecule has 0 aliphatic rings. The van der Waals surface area contributed by atoms with E-state index in [1.807, 2.05) is 10.4 Å². The van der Waals surface area contributed by atoms with Crippen LogP contribution in [0.2, 0.25) is 0 Å². The van der Waals surface area contributed by atoms with Crippen LogP contribution in [0.1, 0.15) is 10.5 Å². The van der Waals surface area contributed by atoms with Crippen LogP contribution in [0.4, 0.5) is 8.78 Å². The van der Waals surface area contributed by atoms with Gasteiger partial charge in [0.25, 0.3) is 17.4 Å². The Labute approximate surface area is 88.3 Å². The van der Waals surface area contributed by atoms with Crippen molar-refractivity contribution in [3.63, 3.8) is 0 Å². The van der Waals surface area contributed by atoms with Crippen molar-refractivity contribution in [2.75, 3.05) is 13.2 Å². The highest BCUT2D eigenvalue weighted by Gasteiger charge is 2.28. The molecule has 0 spiro atoms. The van der Waals surface area contributed by atoms with Crippen molar-refractivity contribution in [2.24, 2.45) is 0 Å². The Bertz CT molecular complexity index is 412. The maximum absolute atomic E-state index is 12.6. The molecule has 1 heterocycles. The number of hydrogen-bond donors (Lipinski definition) is 3. The molecule has 1 rings (SSSR count). The minimum absolute atomic E-state index is 0.187. The van der Waals surface area contributed by atoms with E-state index in [4.69, 9.17) is 5.11 Å². The number of alkyl halides is 2. The van der Waals surface area contributed by atoms with Crippen LogP contribution in [0.5, 0.6) is 0 Å². The van der Waals surface area contributed by atoms with Crippen molar-refractivity contribution >= 4 is 5.91 Å². The molecular formula is C8H9F2N3O3. The van der Waals surface area contributed by atoms with Crippen molar-refractivity contribution in [1.29, 1.82) is 0 Å². The molecular weight excluding hydrogens is 224 g/mol. The Hall–Kier alpha value is -1.83. The lowest BCUT2D eigenvalue weighted by Gasteiger charge is -2.13. The van der Waals surface area contributed by atoms with Gasteiger partial charge in [0.15, 0.2) is 0 Å². The van der Waals surface area contributed by atoms with Crippen LogP contribution in [-0.4, -0.2) is 40.3 Å². The van der Waals surface area contributed by atoms with Gasteiger partial charge >= 0.3 is 0 Å². The van der Waals surface area contributed by atoms with Crippen LogP contribution in [0, 0.1) is 0 Å². The SMILES string of the molecule is O=C(NCC(F)(F)CO)c1ccc(=O)[nH]n1. The van der Waals surface area contributed by atoms with Gasteiger partial charge in [0.1, 0.15) is 12.3 Å². The number of carbonyl (C=O) groups excluding carboxylic acids is 1. The third kappa shape index (κ3) is 3.39. The van der Waals surface area contributed by atoms with Gasteiger partial charge in [0, 0.05) is 6.07 Å². The van der Waals surface area contributed by atoms with Crippen molar-refractivity contribution in [3.8, 4) is 0 Å². The van der Waals surface area contributed by atoms with E-state index in [2.05, 4.69) is 5.10 Å². The number of nitrogens with one attached hydrogen (secondary N) is 2. The average molecular weight is 233 g/mol. The smallest absolute Gasteiger partial charge is 0.287 e. The van der Waals surface area contributed by atoms with Crippen LogP contribution in [0.3, 0.4) is 0 Å². The quantitative estimate of drug-likeness (QED) is 0.629. The lowest BCUT2D eigenvalue weighted by atomic mass is 10.3. The second-order valence-corrected chi connectivity index (χ2v) is 3.00. The van der Waals surface area contributed by atoms with Gasteiger partial charge in [-0.2, -0.15) is 5.10 Å². The highest BCUT2D eigenvalue weighted by atomic mass is 19.3. The molecule has 6 nitrogen and oxygen atoms in total. The second-order valence-electron chi connectivity index (χ2n) is 3.00. The van der Waals surface area contributed by atoms with E-state index >= 15 is 0 Å². The lowest BCUT2D eigenvalue weighted by molar-refractivity contribution is -0.0462. The van der Waals surface area contributed by atoms with Crippen LogP contribution < -0.4 is 10.9 Å². The van der Waals surface area contributed by atoms with Crippen molar-refractivity contribution < 1.29 is 18.7 Å². The number of H-pyrrole nitrogens is 1. The third-order valence-electron chi connectivity index (χ3n) is 1.65. The number of nitrogens with zero attached hydrogens (tertiary/aromatic N) is 1. The summed E-state index contributed by atoms with van der Waals surface area (Å²) >= 11 is 0. The molecule has 0 atom stereocenters. The van der Waals surface area contributed by atoms with Gasteiger partial charge in [-0.15, -0.1) is 0 Å². The molecule has 0 aromatic carbocycles. The number of hydrogen-bond acceptors (Lipinski definition) is 4. The largest absolute Gasteiger partial charge is 0.390 e. The summed E-state index contributed by atoms with van der Waals surface area (Å²) < 4.78 is 25.1. The van der Waals surface area contributed by atoms with E-state index in [0.717, 1.165) is 12.1 Å². The first-order valence-corrected chi connectivity index (χ1v) is 4.27. The van der Waals surface area contributed by atoms with Crippen LogP contribution in [-0.2, 0) is 0 Å². The molecule has 0 saturated carbocycles. The predicted octanol–water partition coefficient (Wildman–Crippen LogP) is -0.873. The number of aliphatic hydroxyl groups excluding tert-OH is 1. The fraction of sp³-hybridized carbons (Fsp3) is 0.375. The summed E-state index contributed by atoms with van der Waals surface area (Å²) in [5.74, 6) is -4.23. The number of rotatable bonds is 4. The molecule has 88 valence electrons. The first kappa shape index (κ1) is 12.2. The summed E-state index contributed by atoms with van der Waals surface area (Å²) in [6.07, 6.45) is 0. The van der Waals surface area contributed by atoms with Gasteiger partial charge in [-0.3, -0.25) is 9.59 Å². The highest BCUT2D eigenvalue weighted by molar-refractivity contribution is 5.91. The third-order valence-corrected chi connectivity index (χ3v) is 1.65. The summed E-state index contributed by atoms with van der Waals surface area (Å²) in [6, 6.07) is 2.15. The second kappa shape index (κ2) is 4.79. The maximum atomic E-state index is 12.6. The molecule has 0 unspecified atom stereocenters. The summed E-state index contributed by atoms with van der Waals surface area (Å²) in [5, 5.41) is 15.5. The number of halogens is 2. The number of aliphatic hydroxyl groups is 1. The van der Waals surface area contributed by atoms with E-state index < -0.39 is 30.5 Å². The standard InChI is InChI=1S/C8H9F2N3O3/c9-8(10,4-14)3-11-7(16)5-1-2-6(15)13-12-5/h1-2,14H,3-4H2,(H,11,16)(H,13,15). The molecule has 1 aromatic heterocycles. The van der Waals surface area contributed by atoms with E-state index in [0.29, 0.717) is 0 Å². The zero-order valence-corrected chi connectivity index (χ0v) is 8.04. The van der Waals surface area contributed by atoms with E-state index in [1.54, 1.807) is 0 Å².